The maximum Gasteiger partial charge on any atom is 0.419 e. The average molecular weight is 650 g/mol. The highest BCUT2D eigenvalue weighted by Crippen LogP contribution is 2.31. The molecule has 4 unspecified atom stereocenters. The molecule has 0 spiro atoms. The summed E-state index contributed by atoms with van der Waals surface area (Å²) in [6.07, 6.45) is -2.08. The average Bonchev–Trinajstić information content (AvgIpc) is 3.73. The number of ether oxygens (including phenoxy) is 4. The van der Waals surface area contributed by atoms with Gasteiger partial charge in [0, 0.05) is 32.6 Å². The first-order valence-corrected chi connectivity index (χ1v) is 15.5. The fourth-order valence-electron chi connectivity index (χ4n) is 3.94. The number of thiophene rings is 2. The van der Waals surface area contributed by atoms with E-state index in [0.717, 1.165) is 9.75 Å². The molecule has 2 aromatic carbocycles. The van der Waals surface area contributed by atoms with Crippen molar-refractivity contribution in [3.63, 3.8) is 0 Å². The van der Waals surface area contributed by atoms with Crippen molar-refractivity contribution in [1.82, 2.24) is 10.6 Å². The van der Waals surface area contributed by atoms with E-state index in [4.69, 9.17) is 42.1 Å². The van der Waals surface area contributed by atoms with Gasteiger partial charge in [-0.25, -0.2) is 9.59 Å². The van der Waals surface area contributed by atoms with Crippen LogP contribution in [0.2, 0.25) is 10.0 Å². The molecule has 4 rings (SSSR count). The molecule has 0 aliphatic carbocycles. The van der Waals surface area contributed by atoms with E-state index in [-0.39, 0.29) is 12.8 Å². The number of hydrogen-bond donors (Lipinski definition) is 2. The summed E-state index contributed by atoms with van der Waals surface area (Å²) >= 11 is 15.0. The zero-order valence-corrected chi connectivity index (χ0v) is 26.0. The molecule has 4 aromatic rings. The second-order valence-corrected chi connectivity index (χ2v) is 11.8. The lowest BCUT2D eigenvalue weighted by Crippen LogP contribution is -2.39. The SMILES string of the molecule is CNC(CC(Oc1ccc(Cl)cc1)c1cccs1)OC(=O)C(=O)OC(CC(Oc1ccc(Cl)cc1)c1cccs1)NC. The Morgan fingerprint density at radius 1 is 0.667 bits per heavy atom. The fourth-order valence-corrected chi connectivity index (χ4v) is 5.73. The van der Waals surface area contributed by atoms with Gasteiger partial charge in [-0.05, 0) is 85.5 Å². The quantitative estimate of drug-likeness (QED) is 0.0856. The van der Waals surface area contributed by atoms with Crippen molar-refractivity contribution in [3.8, 4) is 11.5 Å². The minimum atomic E-state index is -1.13. The second-order valence-electron chi connectivity index (χ2n) is 8.99. The molecule has 0 aliphatic rings. The maximum absolute atomic E-state index is 12.8. The van der Waals surface area contributed by atoms with Crippen LogP contribution in [-0.4, -0.2) is 38.5 Å². The fraction of sp³-hybridized carbons (Fsp3) is 0.267. The van der Waals surface area contributed by atoms with Crippen molar-refractivity contribution >= 4 is 57.8 Å². The topological polar surface area (TPSA) is 95.1 Å². The van der Waals surface area contributed by atoms with Crippen LogP contribution in [-0.2, 0) is 19.1 Å². The van der Waals surface area contributed by atoms with E-state index >= 15 is 0 Å². The molecule has 12 heteroatoms. The molecular weight excluding hydrogens is 619 g/mol. The molecule has 0 bridgehead atoms. The van der Waals surface area contributed by atoms with Crippen LogP contribution in [0.15, 0.2) is 83.6 Å². The van der Waals surface area contributed by atoms with Crippen LogP contribution >= 0.6 is 45.9 Å². The van der Waals surface area contributed by atoms with E-state index < -0.39 is 36.6 Å². The Kier molecular flexibility index (Phi) is 12.1. The lowest BCUT2D eigenvalue weighted by Gasteiger charge is -2.25. The van der Waals surface area contributed by atoms with Crippen molar-refractivity contribution in [3.05, 3.63) is 103 Å². The monoisotopic (exact) mass is 648 g/mol. The minimum absolute atomic E-state index is 0.240. The number of hydrogen-bond acceptors (Lipinski definition) is 10. The summed E-state index contributed by atoms with van der Waals surface area (Å²) in [7, 11) is 3.26. The smallest absolute Gasteiger partial charge is 0.419 e. The maximum atomic E-state index is 12.8. The number of esters is 2. The Balaban J connectivity index is 1.37. The van der Waals surface area contributed by atoms with Gasteiger partial charge in [0.15, 0.2) is 12.5 Å². The molecule has 0 saturated heterocycles. The summed E-state index contributed by atoms with van der Waals surface area (Å²) in [5.41, 5.74) is 0. The largest absolute Gasteiger partial charge is 0.485 e. The molecule has 222 valence electrons. The van der Waals surface area contributed by atoms with Crippen LogP contribution in [0.5, 0.6) is 11.5 Å². The Bertz CT molecular complexity index is 1280. The van der Waals surface area contributed by atoms with Gasteiger partial charge in [-0.2, -0.15) is 0 Å². The zero-order valence-electron chi connectivity index (χ0n) is 22.8. The van der Waals surface area contributed by atoms with Gasteiger partial charge in [-0.1, -0.05) is 35.3 Å². The Morgan fingerprint density at radius 2 is 1.05 bits per heavy atom. The van der Waals surface area contributed by atoms with E-state index in [9.17, 15) is 9.59 Å². The predicted octanol–water partition coefficient (Wildman–Crippen LogP) is 7.01. The third-order valence-electron chi connectivity index (χ3n) is 6.07. The van der Waals surface area contributed by atoms with Crippen molar-refractivity contribution in [2.75, 3.05) is 14.1 Å². The van der Waals surface area contributed by atoms with E-state index in [1.54, 1.807) is 62.6 Å². The first-order valence-electron chi connectivity index (χ1n) is 13.0. The van der Waals surface area contributed by atoms with E-state index in [2.05, 4.69) is 10.6 Å². The van der Waals surface area contributed by atoms with E-state index in [1.807, 2.05) is 35.0 Å². The number of carbonyl (C=O) groups excluding carboxylic acids is 2. The van der Waals surface area contributed by atoms with Crippen molar-refractivity contribution in [2.24, 2.45) is 0 Å². The zero-order chi connectivity index (χ0) is 29.9. The third-order valence-corrected chi connectivity index (χ3v) is 8.50. The third kappa shape index (κ3) is 9.45. The van der Waals surface area contributed by atoms with Gasteiger partial charge in [-0.3, -0.25) is 10.6 Å². The van der Waals surface area contributed by atoms with Gasteiger partial charge < -0.3 is 18.9 Å². The molecule has 0 radical (unpaired) electrons. The summed E-state index contributed by atoms with van der Waals surface area (Å²) in [6, 6.07) is 21.7. The molecule has 0 saturated carbocycles. The van der Waals surface area contributed by atoms with Crippen molar-refractivity contribution in [2.45, 2.75) is 37.5 Å². The summed E-state index contributed by atoms with van der Waals surface area (Å²) in [6.45, 7) is 0. The molecule has 2 heterocycles. The number of benzene rings is 2. The molecule has 0 amide bonds. The highest BCUT2D eigenvalue weighted by molar-refractivity contribution is 7.10. The minimum Gasteiger partial charge on any atom is -0.485 e. The summed E-state index contributed by atoms with van der Waals surface area (Å²) in [4.78, 5) is 27.5. The Morgan fingerprint density at radius 3 is 1.36 bits per heavy atom. The lowest BCUT2D eigenvalue weighted by atomic mass is 10.2. The molecule has 42 heavy (non-hydrogen) atoms. The first kappa shape index (κ1) is 31.8. The van der Waals surface area contributed by atoms with Gasteiger partial charge in [-0.15, -0.1) is 22.7 Å². The van der Waals surface area contributed by atoms with Crippen LogP contribution in [0.3, 0.4) is 0 Å². The van der Waals surface area contributed by atoms with Crippen molar-refractivity contribution in [1.29, 1.82) is 0 Å². The highest BCUT2D eigenvalue weighted by atomic mass is 35.5. The van der Waals surface area contributed by atoms with Gasteiger partial charge in [0.2, 0.25) is 0 Å². The van der Waals surface area contributed by atoms with Gasteiger partial charge >= 0.3 is 11.9 Å². The number of halogens is 2. The molecule has 2 aromatic heterocycles. The lowest BCUT2D eigenvalue weighted by molar-refractivity contribution is -0.177. The summed E-state index contributed by atoms with van der Waals surface area (Å²) in [5.74, 6) is -1.04. The molecule has 0 fully saturated rings. The van der Waals surface area contributed by atoms with E-state index in [1.165, 1.54) is 22.7 Å². The molecule has 0 aliphatic heterocycles. The Labute approximate surface area is 262 Å². The molecule has 4 atom stereocenters. The summed E-state index contributed by atoms with van der Waals surface area (Å²) in [5, 5.41) is 10.9. The normalized spacial score (nSPS) is 13.9. The number of nitrogens with one attached hydrogen (secondary N) is 2. The van der Waals surface area contributed by atoms with Crippen LogP contribution in [0.4, 0.5) is 0 Å². The molecule has 2 N–H and O–H groups in total. The second kappa shape index (κ2) is 15.9. The van der Waals surface area contributed by atoms with Gasteiger partial charge in [0.25, 0.3) is 0 Å². The van der Waals surface area contributed by atoms with Gasteiger partial charge in [0.05, 0.1) is 0 Å². The van der Waals surface area contributed by atoms with Crippen LogP contribution in [0, 0.1) is 0 Å². The summed E-state index contributed by atoms with van der Waals surface area (Å²) < 4.78 is 23.3. The molecular formula is C30H30Cl2N2O6S2. The van der Waals surface area contributed by atoms with Crippen LogP contribution in [0.1, 0.15) is 34.8 Å². The van der Waals surface area contributed by atoms with Crippen LogP contribution < -0.4 is 20.1 Å². The number of carbonyl (C=O) groups is 2. The van der Waals surface area contributed by atoms with E-state index in [0.29, 0.717) is 21.5 Å². The van der Waals surface area contributed by atoms with Gasteiger partial charge in [0.1, 0.15) is 23.7 Å². The highest BCUT2D eigenvalue weighted by Gasteiger charge is 2.30. The standard InChI is InChI=1S/C30H30Cl2N2O6S2/c1-33-27(17-23(25-5-3-15-41-25)37-21-11-7-19(31)8-12-21)39-29(35)30(36)40-28(34-2)18-24(26-6-4-16-42-26)38-22-13-9-20(32)10-14-22/h3-16,23-24,27-28,33-34H,17-18H2,1-2H3. The van der Waals surface area contributed by atoms with Crippen LogP contribution in [0.25, 0.3) is 0 Å². The predicted molar refractivity (Wildman–Crippen MR) is 165 cm³/mol. The number of rotatable bonds is 14. The molecule has 8 nitrogen and oxygen atoms in total. The first-order chi connectivity index (χ1) is 20.3. The Hall–Kier alpha value is -3.12. The van der Waals surface area contributed by atoms with Crippen molar-refractivity contribution < 1.29 is 28.5 Å².